The first-order valence-electron chi connectivity index (χ1n) is 8.70. The molecule has 0 saturated carbocycles. The summed E-state index contributed by atoms with van der Waals surface area (Å²) in [5, 5.41) is 16.3. The van der Waals surface area contributed by atoms with Crippen LogP contribution in [0.2, 0.25) is 0 Å². The number of fused-ring (bicyclic) bond motifs is 1. The second-order valence-electron chi connectivity index (χ2n) is 6.83. The first-order chi connectivity index (χ1) is 12.1. The highest BCUT2D eigenvalue weighted by molar-refractivity contribution is 5.78. The van der Waals surface area contributed by atoms with Crippen LogP contribution >= 0.6 is 0 Å². The summed E-state index contributed by atoms with van der Waals surface area (Å²) in [5.74, 6) is 2.29. The number of nitrogens with zero attached hydrogens (tertiary/aromatic N) is 6. The van der Waals surface area contributed by atoms with Gasteiger partial charge < -0.3 is 14.2 Å². The highest BCUT2D eigenvalue weighted by Crippen LogP contribution is 2.30. The van der Waals surface area contributed by atoms with E-state index in [2.05, 4.69) is 36.6 Å². The number of carbonyl (C=O) groups excluding carboxylic acids is 1. The fraction of sp³-hybridized carbons (Fsp3) is 0.688. The minimum atomic E-state index is 0.00696. The molecule has 9 heteroatoms. The Hall–Kier alpha value is -2.29. The van der Waals surface area contributed by atoms with Crippen LogP contribution in [-0.2, 0) is 22.5 Å². The molecule has 134 valence electrons. The molecule has 1 atom stereocenters. The van der Waals surface area contributed by atoms with E-state index in [-0.39, 0.29) is 18.4 Å². The van der Waals surface area contributed by atoms with Crippen molar-refractivity contribution in [2.24, 2.45) is 0 Å². The van der Waals surface area contributed by atoms with Gasteiger partial charge in [0, 0.05) is 25.7 Å². The predicted octanol–water partition coefficient (Wildman–Crippen LogP) is 1.01. The van der Waals surface area contributed by atoms with Gasteiger partial charge in [-0.1, -0.05) is 10.3 Å². The zero-order valence-corrected chi connectivity index (χ0v) is 14.5. The van der Waals surface area contributed by atoms with Gasteiger partial charge in [0.05, 0.1) is 19.0 Å². The molecule has 1 fully saturated rings. The van der Waals surface area contributed by atoms with E-state index in [0.29, 0.717) is 30.4 Å². The lowest BCUT2D eigenvalue weighted by molar-refractivity contribution is -0.132. The van der Waals surface area contributed by atoms with E-state index >= 15 is 0 Å². The number of aromatic nitrogens is 5. The van der Waals surface area contributed by atoms with Gasteiger partial charge in [-0.2, -0.15) is 0 Å². The predicted molar refractivity (Wildman–Crippen MR) is 85.7 cm³/mol. The van der Waals surface area contributed by atoms with Crippen LogP contribution in [0.25, 0.3) is 0 Å². The summed E-state index contributed by atoms with van der Waals surface area (Å²) in [7, 11) is 0. The Balaban J connectivity index is 1.51. The second-order valence-corrected chi connectivity index (χ2v) is 6.83. The fourth-order valence-electron chi connectivity index (χ4n) is 3.65. The van der Waals surface area contributed by atoms with E-state index < -0.39 is 0 Å². The van der Waals surface area contributed by atoms with Gasteiger partial charge in [0.25, 0.3) is 0 Å². The lowest BCUT2D eigenvalue weighted by atomic mass is 9.99. The molecule has 0 radical (unpaired) electrons. The molecule has 0 unspecified atom stereocenters. The summed E-state index contributed by atoms with van der Waals surface area (Å²) in [5.41, 5.74) is 1.25. The van der Waals surface area contributed by atoms with E-state index in [1.807, 2.05) is 4.90 Å². The number of aryl methyl sites for hydroxylation is 1. The van der Waals surface area contributed by atoms with Crippen molar-refractivity contribution in [3.8, 4) is 0 Å². The molecule has 0 aromatic carbocycles. The average molecular weight is 346 g/mol. The lowest BCUT2D eigenvalue weighted by Gasteiger charge is -2.34. The minimum absolute atomic E-state index is 0.00696. The smallest absolute Gasteiger partial charge is 0.229 e. The highest BCUT2D eigenvalue weighted by atomic mass is 16.6. The third kappa shape index (κ3) is 3.04. The van der Waals surface area contributed by atoms with Crippen LogP contribution in [0.3, 0.4) is 0 Å². The topological polar surface area (TPSA) is 99.2 Å². The molecule has 9 nitrogen and oxygen atoms in total. The molecule has 1 amide bonds. The van der Waals surface area contributed by atoms with Crippen LogP contribution in [0.4, 0.5) is 0 Å². The van der Waals surface area contributed by atoms with E-state index in [1.165, 1.54) is 0 Å². The molecule has 0 spiro atoms. The summed E-state index contributed by atoms with van der Waals surface area (Å²) in [4.78, 5) is 14.4. The van der Waals surface area contributed by atoms with E-state index in [0.717, 1.165) is 37.7 Å². The van der Waals surface area contributed by atoms with Gasteiger partial charge in [0.1, 0.15) is 17.2 Å². The summed E-state index contributed by atoms with van der Waals surface area (Å²) < 4.78 is 12.3. The number of ether oxygens (including phenoxy) is 1. The molecule has 1 saturated heterocycles. The molecule has 0 aliphatic carbocycles. The van der Waals surface area contributed by atoms with Gasteiger partial charge in [0.2, 0.25) is 5.91 Å². The number of amides is 1. The Labute approximate surface area is 145 Å². The van der Waals surface area contributed by atoms with E-state index in [9.17, 15) is 4.79 Å². The largest absolute Gasteiger partial charge is 0.381 e. The molecular weight excluding hydrogens is 324 g/mol. The molecule has 2 aliphatic heterocycles. The quantitative estimate of drug-likeness (QED) is 0.817. The van der Waals surface area contributed by atoms with Crippen LogP contribution < -0.4 is 0 Å². The Kier molecular flexibility index (Phi) is 4.24. The van der Waals surface area contributed by atoms with E-state index in [4.69, 9.17) is 4.74 Å². The van der Waals surface area contributed by atoms with Gasteiger partial charge in [-0.25, -0.2) is 4.63 Å². The molecule has 2 aromatic rings. The summed E-state index contributed by atoms with van der Waals surface area (Å²) in [6, 6.07) is 0.150. The van der Waals surface area contributed by atoms with Crippen molar-refractivity contribution in [3.63, 3.8) is 0 Å². The van der Waals surface area contributed by atoms with Crippen LogP contribution in [0.15, 0.2) is 4.63 Å². The first-order valence-corrected chi connectivity index (χ1v) is 8.70. The Morgan fingerprint density at radius 3 is 2.76 bits per heavy atom. The van der Waals surface area contributed by atoms with E-state index in [1.54, 1.807) is 6.92 Å². The average Bonchev–Trinajstić information content (AvgIpc) is 3.22. The Morgan fingerprint density at radius 1 is 1.24 bits per heavy atom. The van der Waals surface area contributed by atoms with Gasteiger partial charge in [-0.3, -0.25) is 4.79 Å². The van der Waals surface area contributed by atoms with Gasteiger partial charge in [-0.15, -0.1) is 10.2 Å². The van der Waals surface area contributed by atoms with Crippen molar-refractivity contribution < 1.29 is 14.2 Å². The first kappa shape index (κ1) is 16.2. The summed E-state index contributed by atoms with van der Waals surface area (Å²) in [6.07, 6.45) is 2.15. The van der Waals surface area contributed by atoms with Gasteiger partial charge >= 0.3 is 0 Å². The zero-order valence-electron chi connectivity index (χ0n) is 14.5. The minimum Gasteiger partial charge on any atom is -0.381 e. The van der Waals surface area contributed by atoms with Crippen LogP contribution in [-0.4, -0.2) is 55.6 Å². The molecule has 4 heterocycles. The molecule has 2 aromatic heterocycles. The summed E-state index contributed by atoms with van der Waals surface area (Å²) >= 11 is 0. The standard InChI is InChI=1S/C16H22N6O3/c1-10-8-21(15(23)7-13-11(2)19-25-20-13)9-14-17-18-16(22(10)14)12-3-5-24-6-4-12/h10,12H,3-9H2,1-2H3/t10-/m0/s1. The Morgan fingerprint density at radius 2 is 2.04 bits per heavy atom. The molecule has 2 aliphatic rings. The van der Waals surface area contributed by atoms with Gasteiger partial charge in [0.15, 0.2) is 5.82 Å². The Bertz CT molecular complexity index is 764. The molecule has 25 heavy (non-hydrogen) atoms. The molecule has 0 bridgehead atoms. The number of rotatable bonds is 3. The maximum absolute atomic E-state index is 12.6. The molecular formula is C16H22N6O3. The highest BCUT2D eigenvalue weighted by Gasteiger charge is 2.32. The van der Waals surface area contributed by atoms with Crippen molar-refractivity contribution in [1.82, 2.24) is 30.0 Å². The normalized spacial score (nSPS) is 21.4. The molecule has 4 rings (SSSR count). The van der Waals surface area contributed by atoms with Gasteiger partial charge in [-0.05, 0) is 26.7 Å². The maximum Gasteiger partial charge on any atom is 0.229 e. The SMILES string of the molecule is Cc1nonc1CC(=O)N1Cc2nnc(C3CCOCC3)n2[C@@H](C)C1. The van der Waals surface area contributed by atoms with Crippen LogP contribution in [0.5, 0.6) is 0 Å². The fourth-order valence-corrected chi connectivity index (χ4v) is 3.65. The van der Waals surface area contributed by atoms with Crippen molar-refractivity contribution >= 4 is 5.91 Å². The summed E-state index contributed by atoms with van der Waals surface area (Å²) in [6.45, 7) is 6.56. The van der Waals surface area contributed by atoms with Crippen LogP contribution in [0.1, 0.15) is 54.8 Å². The third-order valence-corrected chi connectivity index (χ3v) is 5.05. The van der Waals surface area contributed by atoms with Crippen molar-refractivity contribution in [2.45, 2.75) is 51.6 Å². The zero-order chi connectivity index (χ0) is 17.4. The monoisotopic (exact) mass is 346 g/mol. The van der Waals surface area contributed by atoms with Crippen molar-refractivity contribution in [3.05, 3.63) is 23.0 Å². The van der Waals surface area contributed by atoms with Crippen molar-refractivity contribution in [2.75, 3.05) is 19.8 Å². The van der Waals surface area contributed by atoms with Crippen LogP contribution in [0, 0.1) is 6.92 Å². The number of hydrogen-bond donors (Lipinski definition) is 0. The lowest BCUT2D eigenvalue weighted by Crippen LogP contribution is -2.41. The maximum atomic E-state index is 12.6. The third-order valence-electron chi connectivity index (χ3n) is 5.05. The van der Waals surface area contributed by atoms with Crippen molar-refractivity contribution in [1.29, 1.82) is 0 Å². The second kappa shape index (κ2) is 6.55. The number of carbonyl (C=O) groups is 1. The molecule has 0 N–H and O–H groups in total. The number of hydrogen-bond acceptors (Lipinski definition) is 7.